The van der Waals surface area contributed by atoms with Gasteiger partial charge in [-0.05, 0) is 48.4 Å². The fourth-order valence-electron chi connectivity index (χ4n) is 4.08. The Kier molecular flexibility index (Phi) is 5.44. The average Bonchev–Trinajstić information content (AvgIpc) is 3.56. The normalized spacial score (nSPS) is 14.0. The van der Waals surface area contributed by atoms with Crippen LogP contribution < -0.4 is 10.6 Å². The van der Waals surface area contributed by atoms with Gasteiger partial charge in [0.1, 0.15) is 5.69 Å². The highest BCUT2D eigenvalue weighted by Crippen LogP contribution is 2.31. The Morgan fingerprint density at radius 1 is 1.03 bits per heavy atom. The second-order valence-electron chi connectivity index (χ2n) is 7.80. The van der Waals surface area contributed by atoms with Crippen LogP contribution in [-0.2, 0) is 4.79 Å². The van der Waals surface area contributed by atoms with Crippen molar-refractivity contribution in [1.82, 2.24) is 25.6 Å². The van der Waals surface area contributed by atoms with Crippen molar-refractivity contribution in [2.45, 2.75) is 25.7 Å². The molecule has 0 aliphatic heterocycles. The van der Waals surface area contributed by atoms with E-state index in [-0.39, 0.29) is 17.7 Å². The van der Waals surface area contributed by atoms with Gasteiger partial charge in [-0.15, -0.1) is 10.2 Å². The minimum Gasteiger partial charge on any atom is -0.349 e. The van der Waals surface area contributed by atoms with Crippen molar-refractivity contribution in [3.8, 4) is 11.4 Å². The van der Waals surface area contributed by atoms with Gasteiger partial charge in [0.2, 0.25) is 11.7 Å². The minimum absolute atomic E-state index is 0.0372. The third-order valence-electron chi connectivity index (χ3n) is 5.70. The number of aromatic amines is 2. The molecule has 162 valence electrons. The molecule has 2 heterocycles. The summed E-state index contributed by atoms with van der Waals surface area (Å²) in [5.41, 5.74) is 2.95. The number of hydrogen-bond donors (Lipinski definition) is 4. The summed E-state index contributed by atoms with van der Waals surface area (Å²) in [6, 6.07) is 12.8. The van der Waals surface area contributed by atoms with Gasteiger partial charge in [0.15, 0.2) is 0 Å². The number of fused-ring (bicyclic) bond motifs is 1. The first-order valence-electron chi connectivity index (χ1n) is 10.4. The number of benzene rings is 2. The zero-order valence-electron chi connectivity index (χ0n) is 17.0. The number of hydrogen-bond acceptors (Lipinski definition) is 5. The number of halogens is 1. The van der Waals surface area contributed by atoms with Gasteiger partial charge >= 0.3 is 0 Å². The summed E-state index contributed by atoms with van der Waals surface area (Å²) < 4.78 is 0.823. The van der Waals surface area contributed by atoms with Crippen LogP contribution in [-0.4, -0.2) is 37.4 Å². The topological polar surface area (TPSA) is 128 Å². The Morgan fingerprint density at radius 2 is 1.88 bits per heavy atom. The van der Waals surface area contributed by atoms with Crippen molar-refractivity contribution >= 4 is 50.0 Å². The zero-order chi connectivity index (χ0) is 22.1. The molecule has 0 unspecified atom stereocenters. The highest BCUT2D eigenvalue weighted by Gasteiger charge is 2.23. The monoisotopic (exact) mass is 493 g/mol. The molecule has 5 rings (SSSR count). The van der Waals surface area contributed by atoms with Crippen molar-refractivity contribution in [1.29, 1.82) is 0 Å². The Morgan fingerprint density at radius 3 is 2.66 bits per heavy atom. The molecule has 0 bridgehead atoms. The maximum absolute atomic E-state index is 13.0. The van der Waals surface area contributed by atoms with Crippen LogP contribution in [0.5, 0.6) is 0 Å². The van der Waals surface area contributed by atoms with Crippen molar-refractivity contribution < 1.29 is 9.59 Å². The van der Waals surface area contributed by atoms with Crippen LogP contribution in [0.2, 0.25) is 0 Å². The molecule has 10 heteroatoms. The number of nitrogens with zero attached hydrogens (tertiary/aromatic N) is 3. The number of rotatable bonds is 5. The summed E-state index contributed by atoms with van der Waals surface area (Å²) in [7, 11) is 0. The first-order chi connectivity index (χ1) is 15.6. The molecule has 4 aromatic rings. The van der Waals surface area contributed by atoms with E-state index >= 15 is 0 Å². The van der Waals surface area contributed by atoms with E-state index in [1.807, 2.05) is 30.3 Å². The summed E-state index contributed by atoms with van der Waals surface area (Å²) in [6.07, 6.45) is 4.04. The van der Waals surface area contributed by atoms with E-state index in [1.165, 1.54) is 0 Å². The molecule has 0 spiro atoms. The van der Waals surface area contributed by atoms with Gasteiger partial charge in [0.05, 0.1) is 16.9 Å². The Labute approximate surface area is 191 Å². The quantitative estimate of drug-likeness (QED) is 0.325. The van der Waals surface area contributed by atoms with Crippen LogP contribution in [0, 0.1) is 5.92 Å². The van der Waals surface area contributed by atoms with Crippen LogP contribution in [0.1, 0.15) is 36.2 Å². The summed E-state index contributed by atoms with van der Waals surface area (Å²) in [6.45, 7) is 0. The summed E-state index contributed by atoms with van der Waals surface area (Å²) in [5, 5.41) is 20.8. The minimum atomic E-state index is -0.318. The summed E-state index contributed by atoms with van der Waals surface area (Å²) >= 11 is 3.43. The van der Waals surface area contributed by atoms with E-state index in [2.05, 4.69) is 52.2 Å². The van der Waals surface area contributed by atoms with Crippen LogP contribution in [0.25, 0.3) is 22.3 Å². The molecule has 2 aromatic heterocycles. The molecule has 32 heavy (non-hydrogen) atoms. The van der Waals surface area contributed by atoms with Crippen LogP contribution >= 0.6 is 15.9 Å². The largest absolute Gasteiger partial charge is 0.349 e. The van der Waals surface area contributed by atoms with E-state index < -0.39 is 0 Å². The number of anilines is 2. The molecule has 1 aliphatic carbocycles. The van der Waals surface area contributed by atoms with E-state index in [4.69, 9.17) is 0 Å². The first-order valence-corrected chi connectivity index (χ1v) is 11.1. The molecule has 2 amide bonds. The molecule has 1 aliphatic rings. The van der Waals surface area contributed by atoms with Gasteiger partial charge in [-0.25, -0.2) is 0 Å². The summed E-state index contributed by atoms with van der Waals surface area (Å²) in [4.78, 5) is 28.8. The maximum Gasteiger partial charge on any atom is 0.272 e. The Bertz CT molecular complexity index is 1290. The molecule has 1 fully saturated rings. The smallest absolute Gasteiger partial charge is 0.272 e. The second kappa shape index (κ2) is 8.54. The number of amides is 2. The van der Waals surface area contributed by atoms with Crippen LogP contribution in [0.3, 0.4) is 0 Å². The number of carbonyl (C=O) groups excluding carboxylic acids is 2. The molecule has 0 atom stereocenters. The third kappa shape index (κ3) is 4.01. The van der Waals surface area contributed by atoms with E-state index in [0.29, 0.717) is 28.5 Å². The van der Waals surface area contributed by atoms with Gasteiger partial charge in [-0.1, -0.05) is 40.9 Å². The number of H-pyrrole nitrogens is 2. The molecule has 4 N–H and O–H groups in total. The van der Waals surface area contributed by atoms with Gasteiger partial charge < -0.3 is 15.6 Å². The van der Waals surface area contributed by atoms with Crippen molar-refractivity contribution in [3.05, 3.63) is 52.6 Å². The predicted octanol–water partition coefficient (Wildman–Crippen LogP) is 4.49. The highest BCUT2D eigenvalue weighted by molar-refractivity contribution is 9.10. The molecular weight excluding hydrogens is 474 g/mol. The van der Waals surface area contributed by atoms with Crippen LogP contribution in [0.4, 0.5) is 11.4 Å². The number of aromatic nitrogens is 5. The lowest BCUT2D eigenvalue weighted by Crippen LogP contribution is -2.20. The maximum atomic E-state index is 13.0. The zero-order valence-corrected chi connectivity index (χ0v) is 18.6. The Balaban J connectivity index is 1.41. The second-order valence-corrected chi connectivity index (χ2v) is 8.72. The Hall–Kier alpha value is -3.53. The lowest BCUT2D eigenvalue weighted by Gasteiger charge is -2.11. The van der Waals surface area contributed by atoms with E-state index in [9.17, 15) is 9.59 Å². The molecule has 9 nitrogen and oxygen atoms in total. The fourth-order valence-corrected chi connectivity index (χ4v) is 4.44. The van der Waals surface area contributed by atoms with E-state index in [0.717, 1.165) is 41.1 Å². The van der Waals surface area contributed by atoms with Crippen molar-refractivity contribution in [3.63, 3.8) is 0 Å². The van der Waals surface area contributed by atoms with Crippen LogP contribution in [0.15, 0.2) is 46.9 Å². The molecule has 0 radical (unpaired) electrons. The summed E-state index contributed by atoms with van der Waals surface area (Å²) in [5.74, 6) is 0.149. The molecule has 0 saturated heterocycles. The van der Waals surface area contributed by atoms with Gasteiger partial charge in [-0.3, -0.25) is 9.59 Å². The van der Waals surface area contributed by atoms with Gasteiger partial charge in [-0.2, -0.15) is 5.21 Å². The lowest BCUT2D eigenvalue weighted by molar-refractivity contribution is -0.119. The predicted molar refractivity (Wildman–Crippen MR) is 124 cm³/mol. The van der Waals surface area contributed by atoms with Gasteiger partial charge in [0, 0.05) is 21.3 Å². The number of para-hydroxylation sites is 1. The SMILES string of the molecule is O=C(Nc1ccc(Br)cc1-c1nn[nH]n1)c1cc2cccc(NC(=O)C3CCCC3)c2[nH]1. The number of tetrazole rings is 1. The number of carbonyl (C=O) groups is 2. The molecule has 1 saturated carbocycles. The first kappa shape index (κ1) is 20.4. The molecular formula is C22H20BrN7O2. The highest BCUT2D eigenvalue weighted by atomic mass is 79.9. The average molecular weight is 494 g/mol. The number of nitrogens with one attached hydrogen (secondary N) is 4. The van der Waals surface area contributed by atoms with Crippen molar-refractivity contribution in [2.24, 2.45) is 5.92 Å². The fraction of sp³-hybridized carbons (Fsp3) is 0.227. The third-order valence-corrected chi connectivity index (χ3v) is 6.19. The standard InChI is InChI=1S/C22H20BrN7O2/c23-14-8-9-16(15(11-14)20-27-29-30-28-20)25-22(32)18-10-13-6-3-7-17(19(13)24-18)26-21(31)12-4-1-2-5-12/h3,6-12,24H,1-2,4-5H2,(H,25,32)(H,26,31)(H,27,28,29,30). The van der Waals surface area contributed by atoms with Crippen molar-refractivity contribution in [2.75, 3.05) is 10.6 Å². The van der Waals surface area contributed by atoms with Gasteiger partial charge in [0.25, 0.3) is 5.91 Å². The van der Waals surface area contributed by atoms with E-state index in [1.54, 1.807) is 12.1 Å². The lowest BCUT2D eigenvalue weighted by atomic mass is 10.1. The molecule has 2 aromatic carbocycles.